The zero-order chi connectivity index (χ0) is 21.9. The fourth-order valence-corrected chi connectivity index (χ4v) is 5.97. The Kier molecular flexibility index (Phi) is 5.29. The predicted octanol–water partition coefficient (Wildman–Crippen LogP) is 8.49. The van der Waals surface area contributed by atoms with Crippen LogP contribution in [0, 0.1) is 34.8 Å². The quantitative estimate of drug-likeness (QED) is 0.173. The fraction of sp³-hybridized carbons (Fsp3) is 0.172. The molecule has 1 aliphatic carbocycles. The second kappa shape index (κ2) is 7.73. The van der Waals surface area contributed by atoms with Crippen molar-refractivity contribution in [2.75, 3.05) is 0 Å². The van der Waals surface area contributed by atoms with E-state index in [1.165, 1.54) is 62.8 Å². The van der Waals surface area contributed by atoms with E-state index in [0.717, 1.165) is 0 Å². The van der Waals surface area contributed by atoms with Crippen molar-refractivity contribution in [3.63, 3.8) is 0 Å². The molecule has 4 aromatic carbocycles. The van der Waals surface area contributed by atoms with Crippen LogP contribution in [0.3, 0.4) is 0 Å². The van der Waals surface area contributed by atoms with Crippen LogP contribution in [-0.4, -0.2) is 0 Å². The molecular weight excluding hydrogens is 602 g/mol. The molecule has 4 aromatic rings. The molecule has 5 rings (SSSR count). The average Bonchev–Trinajstić information content (AvgIpc) is 3.06. The summed E-state index contributed by atoms with van der Waals surface area (Å²) >= 11 is 4.96. The Bertz CT molecular complexity index is 1200. The van der Waals surface area contributed by atoms with Crippen molar-refractivity contribution in [1.29, 1.82) is 0 Å². The molecule has 154 valence electrons. The molecule has 0 aliphatic heterocycles. The number of hydrogen-bond donors (Lipinski definition) is 0. The summed E-state index contributed by atoms with van der Waals surface area (Å²) in [6.07, 6.45) is 0. The molecule has 0 fully saturated rings. The summed E-state index contributed by atoms with van der Waals surface area (Å²) in [5, 5.41) is 0. The number of aryl methyl sites for hydroxylation is 4. The van der Waals surface area contributed by atoms with Gasteiger partial charge in [-0.3, -0.25) is 0 Å². The highest BCUT2D eigenvalue weighted by Gasteiger charge is 2.46. The Balaban J connectivity index is 2.00. The van der Waals surface area contributed by atoms with Gasteiger partial charge in [-0.2, -0.15) is 0 Å². The topological polar surface area (TPSA) is 0 Å². The van der Waals surface area contributed by atoms with Gasteiger partial charge in [0, 0.05) is 7.14 Å². The molecule has 2 heteroatoms. The molecule has 0 atom stereocenters. The minimum Gasteiger partial charge on any atom is -0.0619 e. The monoisotopic (exact) mass is 626 g/mol. The lowest BCUT2D eigenvalue weighted by Crippen LogP contribution is -2.29. The first-order chi connectivity index (χ1) is 14.9. The van der Waals surface area contributed by atoms with E-state index >= 15 is 0 Å². The standard InChI is InChI=1S/C29H24I2/c1-17-13-21(14-18(2)27(17)30)29(22-15-19(3)28(31)20(4)16-22)25-11-7-5-9-23(25)24-10-6-8-12-26(24)29/h5-16H,1-4H3. The zero-order valence-corrected chi connectivity index (χ0v) is 22.5. The molecule has 0 radical (unpaired) electrons. The van der Waals surface area contributed by atoms with E-state index < -0.39 is 0 Å². The molecule has 0 bridgehead atoms. The van der Waals surface area contributed by atoms with Gasteiger partial charge in [0.2, 0.25) is 0 Å². The first-order valence-electron chi connectivity index (χ1n) is 10.6. The summed E-state index contributed by atoms with van der Waals surface area (Å²) in [6.45, 7) is 8.96. The largest absolute Gasteiger partial charge is 0.0713 e. The third-order valence-electron chi connectivity index (χ3n) is 6.69. The molecular formula is C29H24I2. The van der Waals surface area contributed by atoms with Crippen molar-refractivity contribution in [1.82, 2.24) is 0 Å². The molecule has 0 unspecified atom stereocenters. The molecule has 0 saturated heterocycles. The highest BCUT2D eigenvalue weighted by molar-refractivity contribution is 14.1. The molecule has 31 heavy (non-hydrogen) atoms. The Labute approximate surface area is 212 Å². The van der Waals surface area contributed by atoms with E-state index in [-0.39, 0.29) is 5.41 Å². The lowest BCUT2D eigenvalue weighted by atomic mass is 9.66. The van der Waals surface area contributed by atoms with Crippen LogP contribution in [0.4, 0.5) is 0 Å². The number of benzene rings is 4. The van der Waals surface area contributed by atoms with E-state index in [4.69, 9.17) is 0 Å². The zero-order valence-electron chi connectivity index (χ0n) is 18.2. The van der Waals surface area contributed by atoms with Gasteiger partial charge in [-0.15, -0.1) is 0 Å². The third-order valence-corrected chi connectivity index (χ3v) is 10.1. The van der Waals surface area contributed by atoms with Crippen molar-refractivity contribution in [2.24, 2.45) is 0 Å². The maximum atomic E-state index is 2.48. The third kappa shape index (κ3) is 3.05. The molecule has 0 saturated carbocycles. The number of halogens is 2. The van der Waals surface area contributed by atoms with Gasteiger partial charge in [0.05, 0.1) is 5.41 Å². The van der Waals surface area contributed by atoms with Crippen LogP contribution in [0.1, 0.15) is 44.5 Å². The van der Waals surface area contributed by atoms with Crippen LogP contribution < -0.4 is 0 Å². The van der Waals surface area contributed by atoms with Crippen LogP contribution >= 0.6 is 45.2 Å². The van der Waals surface area contributed by atoms with Gasteiger partial charge in [0.15, 0.2) is 0 Å². The van der Waals surface area contributed by atoms with Gasteiger partial charge in [-0.05, 0) is 129 Å². The lowest BCUT2D eigenvalue weighted by Gasteiger charge is -2.35. The second-order valence-corrected chi connectivity index (χ2v) is 10.8. The Morgan fingerprint density at radius 2 is 0.839 bits per heavy atom. The van der Waals surface area contributed by atoms with Gasteiger partial charge in [-0.25, -0.2) is 0 Å². The molecule has 0 nitrogen and oxygen atoms in total. The first kappa shape index (κ1) is 21.2. The molecule has 0 N–H and O–H groups in total. The summed E-state index contributed by atoms with van der Waals surface area (Å²) in [4.78, 5) is 0. The first-order valence-corrected chi connectivity index (χ1v) is 12.7. The van der Waals surface area contributed by atoms with Crippen molar-refractivity contribution in [3.8, 4) is 11.1 Å². The van der Waals surface area contributed by atoms with Crippen LogP contribution in [0.5, 0.6) is 0 Å². The second-order valence-electron chi connectivity index (χ2n) is 8.69. The maximum absolute atomic E-state index is 2.48. The predicted molar refractivity (Wildman–Crippen MR) is 148 cm³/mol. The molecule has 0 amide bonds. The Hall–Kier alpha value is -1.66. The Morgan fingerprint density at radius 3 is 1.19 bits per heavy atom. The van der Waals surface area contributed by atoms with Crippen LogP contribution in [0.25, 0.3) is 11.1 Å². The molecule has 0 spiro atoms. The summed E-state index contributed by atoms with van der Waals surface area (Å²) in [5.41, 5.74) is 13.3. The SMILES string of the molecule is Cc1cc(C2(c3cc(C)c(I)c(C)c3)c3ccccc3-c3ccccc32)cc(C)c1I. The van der Waals surface area contributed by atoms with E-state index in [9.17, 15) is 0 Å². The van der Waals surface area contributed by atoms with Crippen LogP contribution in [-0.2, 0) is 5.41 Å². The fourth-order valence-electron chi connectivity index (χ4n) is 5.35. The van der Waals surface area contributed by atoms with Gasteiger partial charge in [-0.1, -0.05) is 72.8 Å². The number of rotatable bonds is 2. The summed E-state index contributed by atoms with van der Waals surface area (Å²) in [7, 11) is 0. The van der Waals surface area contributed by atoms with E-state index in [2.05, 4.69) is 146 Å². The van der Waals surface area contributed by atoms with E-state index in [1.807, 2.05) is 0 Å². The minimum atomic E-state index is -0.313. The average molecular weight is 626 g/mol. The molecule has 0 heterocycles. The van der Waals surface area contributed by atoms with Gasteiger partial charge >= 0.3 is 0 Å². The smallest absolute Gasteiger partial charge is 0.0619 e. The maximum Gasteiger partial charge on any atom is 0.0713 e. The molecule has 0 aromatic heterocycles. The summed E-state index contributed by atoms with van der Waals surface area (Å²) in [5.74, 6) is 0. The number of fused-ring (bicyclic) bond motifs is 3. The number of hydrogen-bond acceptors (Lipinski definition) is 0. The normalized spacial score (nSPS) is 13.7. The lowest BCUT2D eigenvalue weighted by molar-refractivity contribution is 0.762. The van der Waals surface area contributed by atoms with E-state index in [0.29, 0.717) is 0 Å². The molecule has 1 aliphatic rings. The summed E-state index contributed by atoms with van der Waals surface area (Å²) in [6, 6.07) is 27.6. The van der Waals surface area contributed by atoms with Crippen molar-refractivity contribution in [3.05, 3.63) is 124 Å². The van der Waals surface area contributed by atoms with Gasteiger partial charge in [0.25, 0.3) is 0 Å². The summed E-state index contributed by atoms with van der Waals surface area (Å²) < 4.78 is 2.71. The van der Waals surface area contributed by atoms with Crippen LogP contribution in [0.15, 0.2) is 72.8 Å². The van der Waals surface area contributed by atoms with E-state index in [1.54, 1.807) is 0 Å². The Morgan fingerprint density at radius 1 is 0.516 bits per heavy atom. The van der Waals surface area contributed by atoms with Gasteiger partial charge in [0.1, 0.15) is 0 Å². The minimum absolute atomic E-state index is 0.313. The van der Waals surface area contributed by atoms with Crippen molar-refractivity contribution in [2.45, 2.75) is 33.1 Å². The van der Waals surface area contributed by atoms with Crippen molar-refractivity contribution >= 4 is 45.2 Å². The highest BCUT2D eigenvalue weighted by Crippen LogP contribution is 2.56. The highest BCUT2D eigenvalue weighted by atomic mass is 127. The van der Waals surface area contributed by atoms with Crippen molar-refractivity contribution < 1.29 is 0 Å². The van der Waals surface area contributed by atoms with Gasteiger partial charge < -0.3 is 0 Å². The van der Waals surface area contributed by atoms with Crippen LogP contribution in [0.2, 0.25) is 0 Å².